The zero-order chi connectivity index (χ0) is 9.10. The van der Waals surface area contributed by atoms with Gasteiger partial charge in [0.2, 0.25) is 0 Å². The van der Waals surface area contributed by atoms with Gasteiger partial charge in [-0.25, -0.2) is 0 Å². The summed E-state index contributed by atoms with van der Waals surface area (Å²) in [5, 5.41) is 0. The summed E-state index contributed by atoms with van der Waals surface area (Å²) in [6, 6.07) is 5.30. The van der Waals surface area contributed by atoms with E-state index in [0.717, 1.165) is 18.7 Å². The number of rotatable bonds is 0. The molecule has 0 aromatic carbocycles. The summed E-state index contributed by atoms with van der Waals surface area (Å²) < 4.78 is 1.66. The van der Waals surface area contributed by atoms with Crippen molar-refractivity contribution in [2.75, 3.05) is 6.54 Å². The predicted octanol–water partition coefficient (Wildman–Crippen LogP) is 0.946. The van der Waals surface area contributed by atoms with E-state index in [4.69, 9.17) is 0 Å². The fourth-order valence-electron chi connectivity index (χ4n) is 1.36. The SMILES string of the molecule is O=c1cccc2n1/C=C\C=NCC2. The number of nitrogens with zero attached hydrogens (tertiary/aromatic N) is 2. The molecule has 1 aliphatic heterocycles. The summed E-state index contributed by atoms with van der Waals surface area (Å²) in [5.74, 6) is 0. The molecule has 3 nitrogen and oxygen atoms in total. The Bertz CT molecular complexity index is 415. The van der Waals surface area contributed by atoms with Crippen LogP contribution in [0, 0.1) is 0 Å². The van der Waals surface area contributed by atoms with Gasteiger partial charge >= 0.3 is 0 Å². The van der Waals surface area contributed by atoms with E-state index in [0.29, 0.717) is 0 Å². The first-order valence-corrected chi connectivity index (χ1v) is 4.25. The topological polar surface area (TPSA) is 34.4 Å². The minimum absolute atomic E-state index is 0.0176. The van der Waals surface area contributed by atoms with E-state index < -0.39 is 0 Å². The van der Waals surface area contributed by atoms with E-state index in [1.54, 1.807) is 35.2 Å². The van der Waals surface area contributed by atoms with Crippen LogP contribution in [0.5, 0.6) is 0 Å². The molecule has 0 amide bonds. The first-order chi connectivity index (χ1) is 6.38. The molecule has 0 fully saturated rings. The average molecular weight is 174 g/mol. The van der Waals surface area contributed by atoms with Crippen molar-refractivity contribution in [2.24, 2.45) is 4.99 Å². The molecule has 66 valence electrons. The number of fused-ring (bicyclic) bond motifs is 1. The number of allylic oxidation sites excluding steroid dienone is 1. The second-order valence-corrected chi connectivity index (χ2v) is 2.87. The van der Waals surface area contributed by atoms with Crippen molar-refractivity contribution in [3.8, 4) is 0 Å². The maximum Gasteiger partial charge on any atom is 0.254 e. The van der Waals surface area contributed by atoms with Crippen molar-refractivity contribution in [1.29, 1.82) is 0 Å². The van der Waals surface area contributed by atoms with Gasteiger partial charge in [0.1, 0.15) is 0 Å². The molecule has 0 spiro atoms. The lowest BCUT2D eigenvalue weighted by molar-refractivity contribution is 0.859. The van der Waals surface area contributed by atoms with Crippen LogP contribution < -0.4 is 5.56 Å². The van der Waals surface area contributed by atoms with E-state index in [9.17, 15) is 4.79 Å². The van der Waals surface area contributed by atoms with Crippen LogP contribution in [-0.4, -0.2) is 17.3 Å². The van der Waals surface area contributed by atoms with Gasteiger partial charge in [-0.1, -0.05) is 6.07 Å². The van der Waals surface area contributed by atoms with E-state index in [1.165, 1.54) is 0 Å². The second-order valence-electron chi connectivity index (χ2n) is 2.87. The maximum atomic E-state index is 11.4. The van der Waals surface area contributed by atoms with Crippen LogP contribution in [0.4, 0.5) is 0 Å². The summed E-state index contributed by atoms with van der Waals surface area (Å²) in [4.78, 5) is 15.5. The van der Waals surface area contributed by atoms with Gasteiger partial charge in [-0.15, -0.1) is 0 Å². The highest BCUT2D eigenvalue weighted by Crippen LogP contribution is 2.00. The van der Waals surface area contributed by atoms with Gasteiger partial charge in [0, 0.05) is 37.1 Å². The standard InChI is InChI=1S/C10H10N2O/c13-10-4-1-3-9-5-7-11-6-2-8-12(9)10/h1-4,6,8H,5,7H2/b8-2-,11-6?. The summed E-state index contributed by atoms with van der Waals surface area (Å²) in [6.07, 6.45) is 6.07. The fourth-order valence-corrected chi connectivity index (χ4v) is 1.36. The highest BCUT2D eigenvalue weighted by molar-refractivity contribution is 5.75. The molecule has 2 heterocycles. The third kappa shape index (κ3) is 1.59. The second kappa shape index (κ2) is 3.39. The lowest BCUT2D eigenvalue weighted by Crippen LogP contribution is -2.18. The summed E-state index contributed by atoms with van der Waals surface area (Å²) in [7, 11) is 0. The largest absolute Gasteiger partial charge is 0.293 e. The van der Waals surface area contributed by atoms with Crippen molar-refractivity contribution < 1.29 is 0 Å². The molecule has 0 aliphatic carbocycles. The highest BCUT2D eigenvalue weighted by Gasteiger charge is 2.00. The molecule has 1 aromatic rings. The van der Waals surface area contributed by atoms with Crippen LogP contribution in [-0.2, 0) is 6.42 Å². The van der Waals surface area contributed by atoms with Gasteiger partial charge in [-0.3, -0.25) is 14.4 Å². The average Bonchev–Trinajstić information content (AvgIpc) is 2.07. The highest BCUT2D eigenvalue weighted by atomic mass is 16.1. The van der Waals surface area contributed by atoms with E-state index in [-0.39, 0.29) is 5.56 Å². The van der Waals surface area contributed by atoms with Crippen LogP contribution >= 0.6 is 0 Å². The Hall–Kier alpha value is -1.64. The Balaban J connectivity index is 2.58. The van der Waals surface area contributed by atoms with Gasteiger partial charge in [0.25, 0.3) is 5.56 Å². The lowest BCUT2D eigenvalue weighted by Gasteiger charge is -2.07. The molecule has 0 atom stereocenters. The molecular weight excluding hydrogens is 164 g/mol. The van der Waals surface area contributed by atoms with Crippen molar-refractivity contribution in [2.45, 2.75) is 6.42 Å². The molecule has 0 unspecified atom stereocenters. The molecule has 0 bridgehead atoms. The Morgan fingerprint density at radius 1 is 1.38 bits per heavy atom. The maximum absolute atomic E-state index is 11.4. The predicted molar refractivity (Wildman–Crippen MR) is 53.1 cm³/mol. The number of hydrogen-bond donors (Lipinski definition) is 0. The van der Waals surface area contributed by atoms with Crippen LogP contribution in [0.15, 0.2) is 34.1 Å². The van der Waals surface area contributed by atoms with E-state index >= 15 is 0 Å². The first kappa shape index (κ1) is 7.98. The minimum atomic E-state index is 0.0176. The van der Waals surface area contributed by atoms with Crippen molar-refractivity contribution in [3.63, 3.8) is 0 Å². The zero-order valence-corrected chi connectivity index (χ0v) is 7.18. The summed E-state index contributed by atoms with van der Waals surface area (Å²) >= 11 is 0. The molecule has 0 saturated carbocycles. The zero-order valence-electron chi connectivity index (χ0n) is 7.18. The number of aliphatic imine (C=N–C) groups is 1. The molecule has 3 heteroatoms. The Morgan fingerprint density at radius 2 is 2.31 bits per heavy atom. The fraction of sp³-hybridized carbons (Fsp3) is 0.200. The van der Waals surface area contributed by atoms with E-state index in [1.807, 2.05) is 6.07 Å². The Morgan fingerprint density at radius 3 is 3.23 bits per heavy atom. The number of hydrogen-bond acceptors (Lipinski definition) is 2. The molecule has 0 N–H and O–H groups in total. The van der Waals surface area contributed by atoms with Gasteiger partial charge in [0.15, 0.2) is 0 Å². The molecule has 13 heavy (non-hydrogen) atoms. The number of pyridine rings is 1. The Labute approximate surface area is 76.0 Å². The molecule has 1 aromatic heterocycles. The van der Waals surface area contributed by atoms with Crippen LogP contribution in [0.1, 0.15) is 5.69 Å². The molecule has 1 aliphatic rings. The number of aromatic nitrogens is 1. The molecule has 0 saturated heterocycles. The molecular formula is C10H10N2O. The van der Waals surface area contributed by atoms with Crippen molar-refractivity contribution >= 4 is 12.4 Å². The normalized spacial score (nSPS) is 17.2. The van der Waals surface area contributed by atoms with Gasteiger partial charge in [-0.05, 0) is 12.1 Å². The molecule has 2 rings (SSSR count). The van der Waals surface area contributed by atoms with Crippen LogP contribution in [0.3, 0.4) is 0 Å². The minimum Gasteiger partial charge on any atom is -0.293 e. The van der Waals surface area contributed by atoms with E-state index in [2.05, 4.69) is 4.99 Å². The Kier molecular flexibility index (Phi) is 2.08. The smallest absolute Gasteiger partial charge is 0.254 e. The summed E-state index contributed by atoms with van der Waals surface area (Å²) in [5.41, 5.74) is 1.03. The first-order valence-electron chi connectivity index (χ1n) is 4.25. The third-order valence-electron chi connectivity index (χ3n) is 2.00. The van der Waals surface area contributed by atoms with Gasteiger partial charge in [-0.2, -0.15) is 0 Å². The van der Waals surface area contributed by atoms with Crippen molar-refractivity contribution in [3.05, 3.63) is 40.3 Å². The van der Waals surface area contributed by atoms with Crippen LogP contribution in [0.2, 0.25) is 0 Å². The molecule has 0 radical (unpaired) electrons. The summed E-state index contributed by atoms with van der Waals surface area (Å²) in [6.45, 7) is 0.744. The van der Waals surface area contributed by atoms with Gasteiger partial charge in [0.05, 0.1) is 0 Å². The monoisotopic (exact) mass is 174 g/mol. The van der Waals surface area contributed by atoms with Gasteiger partial charge < -0.3 is 0 Å². The third-order valence-corrected chi connectivity index (χ3v) is 2.00. The lowest BCUT2D eigenvalue weighted by atomic mass is 10.2. The quantitative estimate of drug-likeness (QED) is 0.576. The van der Waals surface area contributed by atoms with Crippen molar-refractivity contribution in [1.82, 2.24) is 4.57 Å². The van der Waals surface area contributed by atoms with Crippen LogP contribution in [0.25, 0.3) is 6.20 Å².